The van der Waals surface area contributed by atoms with Crippen molar-refractivity contribution < 1.29 is 0 Å². The summed E-state index contributed by atoms with van der Waals surface area (Å²) in [5, 5.41) is 0. The molecule has 1 unspecified atom stereocenters. The summed E-state index contributed by atoms with van der Waals surface area (Å²) in [5.74, 6) is 0. The topological polar surface area (TPSA) is 32.5 Å². The lowest BCUT2D eigenvalue weighted by atomic mass is 10.1. The summed E-state index contributed by atoms with van der Waals surface area (Å²) < 4.78 is 0. The summed E-state index contributed by atoms with van der Waals surface area (Å²) in [4.78, 5) is 5.60. The number of rotatable bonds is 5. The standard InChI is InChI=1S/C11H23N3S/c1-3-5-13-6-8-14(9-7-13)10(4-2)11(12)15/h10H,3-9H2,1-2H3,(H2,12,15). The molecule has 0 aromatic heterocycles. The van der Waals surface area contributed by atoms with Gasteiger partial charge in [-0.15, -0.1) is 0 Å². The normalized spacial score (nSPS) is 21.5. The second-order valence-corrected chi connectivity index (χ2v) is 4.68. The molecule has 4 heteroatoms. The average Bonchev–Trinajstić information content (AvgIpc) is 2.21. The molecule has 2 N–H and O–H groups in total. The van der Waals surface area contributed by atoms with E-state index in [-0.39, 0.29) is 0 Å². The zero-order valence-corrected chi connectivity index (χ0v) is 10.7. The van der Waals surface area contributed by atoms with Crippen molar-refractivity contribution in [2.75, 3.05) is 32.7 Å². The Balaban J connectivity index is 2.38. The van der Waals surface area contributed by atoms with Crippen LogP contribution in [0.1, 0.15) is 26.7 Å². The van der Waals surface area contributed by atoms with Crippen LogP contribution in [-0.2, 0) is 0 Å². The predicted octanol–water partition coefficient (Wildman–Crippen LogP) is 1.08. The Morgan fingerprint density at radius 3 is 2.27 bits per heavy atom. The maximum atomic E-state index is 5.75. The molecule has 3 nitrogen and oxygen atoms in total. The lowest BCUT2D eigenvalue weighted by Crippen LogP contribution is -2.53. The Morgan fingerprint density at radius 2 is 1.87 bits per heavy atom. The first kappa shape index (κ1) is 12.9. The second kappa shape index (κ2) is 6.40. The van der Waals surface area contributed by atoms with Crippen molar-refractivity contribution in [2.24, 2.45) is 5.73 Å². The first-order valence-corrected chi connectivity index (χ1v) is 6.35. The molecule has 1 atom stereocenters. The molecule has 88 valence electrons. The molecule has 0 spiro atoms. The number of piperazine rings is 1. The maximum Gasteiger partial charge on any atom is 0.0901 e. The third-order valence-electron chi connectivity index (χ3n) is 3.10. The van der Waals surface area contributed by atoms with E-state index in [1.807, 2.05) is 0 Å². The van der Waals surface area contributed by atoms with Crippen LogP contribution < -0.4 is 5.73 Å². The van der Waals surface area contributed by atoms with E-state index in [0.717, 1.165) is 32.6 Å². The number of hydrogen-bond donors (Lipinski definition) is 1. The largest absolute Gasteiger partial charge is 0.392 e. The maximum absolute atomic E-state index is 5.75. The van der Waals surface area contributed by atoms with Crippen LogP contribution in [0.4, 0.5) is 0 Å². The molecule has 0 aromatic carbocycles. The van der Waals surface area contributed by atoms with E-state index >= 15 is 0 Å². The first-order chi connectivity index (χ1) is 7.19. The van der Waals surface area contributed by atoms with E-state index in [1.54, 1.807) is 0 Å². The lowest BCUT2D eigenvalue weighted by Gasteiger charge is -2.38. The Kier molecular flexibility index (Phi) is 5.50. The van der Waals surface area contributed by atoms with Gasteiger partial charge in [0.25, 0.3) is 0 Å². The van der Waals surface area contributed by atoms with Gasteiger partial charge >= 0.3 is 0 Å². The Bertz CT molecular complexity index is 200. The molecule has 1 aliphatic heterocycles. The summed E-state index contributed by atoms with van der Waals surface area (Å²) in [6.45, 7) is 10.1. The molecular weight excluding hydrogens is 206 g/mol. The first-order valence-electron chi connectivity index (χ1n) is 5.94. The molecule has 0 amide bonds. The lowest BCUT2D eigenvalue weighted by molar-refractivity contribution is 0.117. The third-order valence-corrected chi connectivity index (χ3v) is 3.37. The SMILES string of the molecule is CCCN1CCN(C(CC)C(N)=S)CC1. The highest BCUT2D eigenvalue weighted by Gasteiger charge is 2.23. The minimum absolute atomic E-state index is 0.309. The van der Waals surface area contributed by atoms with Gasteiger partial charge in [0.1, 0.15) is 0 Å². The van der Waals surface area contributed by atoms with Gasteiger partial charge in [-0.2, -0.15) is 0 Å². The minimum Gasteiger partial charge on any atom is -0.392 e. The average molecular weight is 229 g/mol. The zero-order chi connectivity index (χ0) is 11.3. The second-order valence-electron chi connectivity index (χ2n) is 4.20. The van der Waals surface area contributed by atoms with Gasteiger partial charge in [0.2, 0.25) is 0 Å². The van der Waals surface area contributed by atoms with Crippen LogP contribution >= 0.6 is 12.2 Å². The fourth-order valence-corrected chi connectivity index (χ4v) is 2.57. The van der Waals surface area contributed by atoms with Crippen LogP contribution in [0.25, 0.3) is 0 Å². The van der Waals surface area contributed by atoms with Gasteiger partial charge in [-0.1, -0.05) is 26.1 Å². The fourth-order valence-electron chi connectivity index (χ4n) is 2.25. The van der Waals surface area contributed by atoms with Crippen molar-refractivity contribution in [3.63, 3.8) is 0 Å². The molecule has 1 saturated heterocycles. The molecular formula is C11H23N3S. The molecule has 1 aliphatic rings. The molecule has 1 fully saturated rings. The third kappa shape index (κ3) is 3.70. The number of nitrogens with two attached hydrogens (primary N) is 1. The van der Waals surface area contributed by atoms with E-state index in [2.05, 4.69) is 23.6 Å². The molecule has 1 heterocycles. The van der Waals surface area contributed by atoms with Gasteiger partial charge < -0.3 is 10.6 Å². The Labute approximate surface area is 98.6 Å². The van der Waals surface area contributed by atoms with Crippen molar-refractivity contribution in [1.29, 1.82) is 0 Å². The van der Waals surface area contributed by atoms with Crippen molar-refractivity contribution in [1.82, 2.24) is 9.80 Å². The Hall–Kier alpha value is -0.190. The van der Waals surface area contributed by atoms with Crippen molar-refractivity contribution in [2.45, 2.75) is 32.7 Å². The van der Waals surface area contributed by atoms with E-state index in [4.69, 9.17) is 18.0 Å². The fraction of sp³-hybridized carbons (Fsp3) is 0.909. The number of nitrogens with zero attached hydrogens (tertiary/aromatic N) is 2. The van der Waals surface area contributed by atoms with Gasteiger partial charge in [0.15, 0.2) is 0 Å². The summed E-state index contributed by atoms with van der Waals surface area (Å²) >= 11 is 5.10. The molecule has 1 rings (SSSR count). The summed E-state index contributed by atoms with van der Waals surface area (Å²) in [7, 11) is 0. The summed E-state index contributed by atoms with van der Waals surface area (Å²) in [6.07, 6.45) is 2.27. The molecule has 15 heavy (non-hydrogen) atoms. The van der Waals surface area contributed by atoms with Crippen LogP contribution in [0.2, 0.25) is 0 Å². The molecule has 0 saturated carbocycles. The van der Waals surface area contributed by atoms with Crippen LogP contribution in [0.5, 0.6) is 0 Å². The van der Waals surface area contributed by atoms with Crippen LogP contribution in [0.15, 0.2) is 0 Å². The number of thiocarbonyl (C=S) groups is 1. The van der Waals surface area contributed by atoms with Gasteiger partial charge in [-0.3, -0.25) is 4.90 Å². The zero-order valence-electron chi connectivity index (χ0n) is 9.91. The van der Waals surface area contributed by atoms with E-state index < -0.39 is 0 Å². The highest BCUT2D eigenvalue weighted by Crippen LogP contribution is 2.09. The highest BCUT2D eigenvalue weighted by molar-refractivity contribution is 7.80. The summed E-state index contributed by atoms with van der Waals surface area (Å²) in [5.41, 5.74) is 5.75. The van der Waals surface area contributed by atoms with Crippen molar-refractivity contribution in [3.8, 4) is 0 Å². The van der Waals surface area contributed by atoms with Crippen LogP contribution in [-0.4, -0.2) is 53.6 Å². The van der Waals surface area contributed by atoms with Crippen molar-refractivity contribution >= 4 is 17.2 Å². The van der Waals surface area contributed by atoms with E-state index in [0.29, 0.717) is 11.0 Å². The van der Waals surface area contributed by atoms with Gasteiger partial charge in [0.05, 0.1) is 11.0 Å². The molecule has 0 bridgehead atoms. The Morgan fingerprint density at radius 1 is 1.27 bits per heavy atom. The number of hydrogen-bond acceptors (Lipinski definition) is 3. The minimum atomic E-state index is 0.309. The highest BCUT2D eigenvalue weighted by atomic mass is 32.1. The van der Waals surface area contributed by atoms with Crippen LogP contribution in [0, 0.1) is 0 Å². The van der Waals surface area contributed by atoms with Gasteiger partial charge in [0, 0.05) is 26.2 Å². The molecule has 0 radical (unpaired) electrons. The monoisotopic (exact) mass is 229 g/mol. The predicted molar refractivity (Wildman–Crippen MR) is 69.2 cm³/mol. The van der Waals surface area contributed by atoms with E-state index in [9.17, 15) is 0 Å². The summed E-state index contributed by atoms with van der Waals surface area (Å²) in [6, 6.07) is 0.309. The van der Waals surface area contributed by atoms with Gasteiger partial charge in [-0.25, -0.2) is 0 Å². The van der Waals surface area contributed by atoms with Gasteiger partial charge in [-0.05, 0) is 19.4 Å². The molecule has 0 aromatic rings. The van der Waals surface area contributed by atoms with Crippen molar-refractivity contribution in [3.05, 3.63) is 0 Å². The quantitative estimate of drug-likeness (QED) is 0.715. The smallest absolute Gasteiger partial charge is 0.0901 e. The van der Waals surface area contributed by atoms with Crippen LogP contribution in [0.3, 0.4) is 0 Å². The molecule has 0 aliphatic carbocycles. The van der Waals surface area contributed by atoms with E-state index in [1.165, 1.54) is 13.0 Å².